The zero-order chi connectivity index (χ0) is 13.2. The molecule has 0 aromatic carbocycles. The smallest absolute Gasteiger partial charge is 0.212 e. The molecule has 18 heavy (non-hydrogen) atoms. The van der Waals surface area contributed by atoms with E-state index in [0.717, 1.165) is 25.7 Å². The molecule has 2 heterocycles. The van der Waals surface area contributed by atoms with Crippen LogP contribution in [0.2, 0.25) is 0 Å². The van der Waals surface area contributed by atoms with E-state index in [0.29, 0.717) is 6.54 Å². The molecule has 0 spiro atoms. The number of thiophene rings is 1. The monoisotopic (exact) mass is 287 g/mol. The standard InChI is InChI=1S/C13H21NO2S2/c1-3-18(15,16)14-9-6-4-5-7-12(14)13-11(2)8-10-17-13/h8,10,12H,3-7,9H2,1-2H3/t12-/m0/s1. The molecule has 5 heteroatoms. The number of sulfonamides is 1. The van der Waals surface area contributed by atoms with Crippen LogP contribution in [0.15, 0.2) is 11.4 Å². The second-order valence-electron chi connectivity index (χ2n) is 4.84. The predicted molar refractivity (Wildman–Crippen MR) is 76.4 cm³/mol. The minimum absolute atomic E-state index is 0.0671. The van der Waals surface area contributed by atoms with Gasteiger partial charge in [-0.25, -0.2) is 8.42 Å². The van der Waals surface area contributed by atoms with Gasteiger partial charge in [-0.1, -0.05) is 12.8 Å². The van der Waals surface area contributed by atoms with Crippen molar-refractivity contribution in [2.45, 2.75) is 45.6 Å². The zero-order valence-corrected chi connectivity index (χ0v) is 12.7. The van der Waals surface area contributed by atoms with E-state index >= 15 is 0 Å². The minimum atomic E-state index is -3.10. The number of hydrogen-bond acceptors (Lipinski definition) is 3. The van der Waals surface area contributed by atoms with Gasteiger partial charge in [0, 0.05) is 11.4 Å². The fourth-order valence-corrected chi connectivity index (χ4v) is 5.05. The third-order valence-corrected chi connectivity index (χ3v) is 6.63. The molecule has 1 fully saturated rings. The van der Waals surface area contributed by atoms with E-state index in [2.05, 4.69) is 18.4 Å². The first-order valence-electron chi connectivity index (χ1n) is 6.59. The van der Waals surface area contributed by atoms with Crippen LogP contribution in [0.25, 0.3) is 0 Å². The molecule has 1 atom stereocenters. The van der Waals surface area contributed by atoms with Gasteiger partial charge in [-0.05, 0) is 43.7 Å². The van der Waals surface area contributed by atoms with Gasteiger partial charge in [0.05, 0.1) is 11.8 Å². The van der Waals surface area contributed by atoms with Crippen LogP contribution in [0.1, 0.15) is 49.1 Å². The molecule has 0 bridgehead atoms. The van der Waals surface area contributed by atoms with Crippen molar-refractivity contribution in [3.63, 3.8) is 0 Å². The van der Waals surface area contributed by atoms with E-state index in [-0.39, 0.29) is 11.8 Å². The summed E-state index contributed by atoms with van der Waals surface area (Å²) in [7, 11) is -3.10. The van der Waals surface area contributed by atoms with E-state index in [1.54, 1.807) is 22.6 Å². The molecule has 1 aliphatic heterocycles. The Morgan fingerprint density at radius 3 is 2.78 bits per heavy atom. The maximum absolute atomic E-state index is 12.3. The Balaban J connectivity index is 2.37. The highest BCUT2D eigenvalue weighted by Crippen LogP contribution is 2.36. The normalized spacial score (nSPS) is 22.9. The summed E-state index contributed by atoms with van der Waals surface area (Å²) in [6, 6.07) is 2.15. The molecule has 0 radical (unpaired) electrons. The van der Waals surface area contributed by atoms with Gasteiger partial charge in [-0.2, -0.15) is 4.31 Å². The molecule has 0 N–H and O–H groups in total. The van der Waals surface area contributed by atoms with Crippen molar-refractivity contribution in [3.8, 4) is 0 Å². The average molecular weight is 287 g/mol. The summed E-state index contributed by atoms with van der Waals surface area (Å²) in [5.41, 5.74) is 1.23. The number of rotatable bonds is 3. The Kier molecular flexibility index (Phi) is 4.45. The van der Waals surface area contributed by atoms with Crippen LogP contribution in [-0.2, 0) is 10.0 Å². The fraction of sp³-hybridized carbons (Fsp3) is 0.692. The van der Waals surface area contributed by atoms with Gasteiger partial charge >= 0.3 is 0 Å². The molecular weight excluding hydrogens is 266 g/mol. The summed E-state index contributed by atoms with van der Waals surface area (Å²) in [4.78, 5) is 1.23. The Morgan fingerprint density at radius 2 is 2.17 bits per heavy atom. The summed E-state index contributed by atoms with van der Waals surface area (Å²) < 4.78 is 26.3. The Morgan fingerprint density at radius 1 is 1.39 bits per heavy atom. The van der Waals surface area contributed by atoms with E-state index < -0.39 is 10.0 Å². The van der Waals surface area contributed by atoms with Crippen molar-refractivity contribution >= 4 is 21.4 Å². The second kappa shape index (κ2) is 5.72. The number of aryl methyl sites for hydroxylation is 1. The lowest BCUT2D eigenvalue weighted by molar-refractivity contribution is 0.333. The van der Waals surface area contributed by atoms with Crippen LogP contribution in [0.3, 0.4) is 0 Å². The molecular formula is C13H21NO2S2. The molecule has 2 rings (SSSR count). The van der Waals surface area contributed by atoms with Gasteiger partial charge < -0.3 is 0 Å². The van der Waals surface area contributed by atoms with Crippen molar-refractivity contribution in [2.75, 3.05) is 12.3 Å². The van der Waals surface area contributed by atoms with Crippen LogP contribution >= 0.6 is 11.3 Å². The summed E-state index contributed by atoms with van der Waals surface area (Å²) in [6.07, 6.45) is 4.20. The van der Waals surface area contributed by atoms with Crippen LogP contribution < -0.4 is 0 Å². The van der Waals surface area contributed by atoms with Gasteiger partial charge in [0.25, 0.3) is 0 Å². The molecule has 1 aliphatic rings. The first kappa shape index (κ1) is 14.0. The molecule has 1 aromatic rings. The molecule has 1 saturated heterocycles. The van der Waals surface area contributed by atoms with Crippen molar-refractivity contribution in [1.29, 1.82) is 0 Å². The second-order valence-corrected chi connectivity index (χ2v) is 8.00. The van der Waals surface area contributed by atoms with Crippen molar-refractivity contribution in [3.05, 3.63) is 21.9 Å². The third-order valence-electron chi connectivity index (χ3n) is 3.63. The highest BCUT2D eigenvalue weighted by molar-refractivity contribution is 7.89. The molecule has 0 unspecified atom stereocenters. The van der Waals surface area contributed by atoms with Gasteiger partial charge in [-0.3, -0.25) is 0 Å². The summed E-state index contributed by atoms with van der Waals surface area (Å²) in [5, 5.41) is 2.06. The van der Waals surface area contributed by atoms with Crippen LogP contribution in [0.4, 0.5) is 0 Å². The number of nitrogens with zero attached hydrogens (tertiary/aromatic N) is 1. The summed E-state index contributed by atoms with van der Waals surface area (Å²) >= 11 is 1.69. The highest BCUT2D eigenvalue weighted by atomic mass is 32.2. The Labute approximate surface area is 114 Å². The van der Waals surface area contributed by atoms with Crippen molar-refractivity contribution < 1.29 is 8.42 Å². The average Bonchev–Trinajstić information content (AvgIpc) is 2.63. The van der Waals surface area contributed by atoms with Gasteiger partial charge in [0.1, 0.15) is 0 Å². The molecule has 3 nitrogen and oxygen atoms in total. The lowest BCUT2D eigenvalue weighted by Gasteiger charge is -2.28. The van der Waals surface area contributed by atoms with Crippen LogP contribution in [-0.4, -0.2) is 25.0 Å². The highest BCUT2D eigenvalue weighted by Gasteiger charge is 2.32. The molecule has 0 amide bonds. The Bertz CT molecular complexity index is 493. The summed E-state index contributed by atoms with van der Waals surface area (Å²) in [6.45, 7) is 4.49. The molecule has 0 aliphatic carbocycles. The first-order valence-corrected chi connectivity index (χ1v) is 9.08. The topological polar surface area (TPSA) is 37.4 Å². The first-order chi connectivity index (χ1) is 8.56. The SMILES string of the molecule is CCS(=O)(=O)N1CCCCC[C@H]1c1sccc1C. The van der Waals surface area contributed by atoms with Crippen molar-refractivity contribution in [2.24, 2.45) is 0 Å². The van der Waals surface area contributed by atoms with Crippen LogP contribution in [0.5, 0.6) is 0 Å². The maximum atomic E-state index is 12.3. The maximum Gasteiger partial charge on any atom is 0.214 e. The van der Waals surface area contributed by atoms with E-state index in [4.69, 9.17) is 0 Å². The van der Waals surface area contributed by atoms with Crippen molar-refractivity contribution in [1.82, 2.24) is 4.31 Å². The molecule has 0 saturated carbocycles. The molecule has 102 valence electrons. The van der Waals surface area contributed by atoms with Gasteiger partial charge in [0.15, 0.2) is 0 Å². The number of hydrogen-bond donors (Lipinski definition) is 0. The van der Waals surface area contributed by atoms with E-state index in [1.807, 2.05) is 0 Å². The predicted octanol–water partition coefficient (Wildman–Crippen LogP) is 3.32. The quantitative estimate of drug-likeness (QED) is 0.855. The van der Waals surface area contributed by atoms with E-state index in [1.165, 1.54) is 10.4 Å². The fourth-order valence-electron chi connectivity index (χ4n) is 2.57. The Hall–Kier alpha value is -0.390. The molecule has 1 aromatic heterocycles. The third kappa shape index (κ3) is 2.78. The van der Waals surface area contributed by atoms with Gasteiger partial charge in [0.2, 0.25) is 10.0 Å². The lowest BCUT2D eigenvalue weighted by atomic mass is 10.1. The van der Waals surface area contributed by atoms with Crippen LogP contribution in [0, 0.1) is 6.92 Å². The summed E-state index contributed by atoms with van der Waals surface area (Å²) in [5.74, 6) is 0.202. The largest absolute Gasteiger partial charge is 0.214 e. The van der Waals surface area contributed by atoms with Gasteiger partial charge in [-0.15, -0.1) is 11.3 Å². The zero-order valence-electron chi connectivity index (χ0n) is 11.1. The minimum Gasteiger partial charge on any atom is -0.212 e. The lowest BCUT2D eigenvalue weighted by Crippen LogP contribution is -2.35. The van der Waals surface area contributed by atoms with E-state index in [9.17, 15) is 8.42 Å².